The zero-order valence-electron chi connectivity index (χ0n) is 7.18. The summed E-state index contributed by atoms with van der Waals surface area (Å²) in [6.07, 6.45) is 3.27. The Morgan fingerprint density at radius 1 is 1.36 bits per heavy atom. The summed E-state index contributed by atoms with van der Waals surface area (Å²) in [7, 11) is 0. The van der Waals surface area contributed by atoms with Crippen LogP contribution in [0, 0.1) is 3.57 Å². The predicted molar refractivity (Wildman–Crippen MR) is 62.8 cm³/mol. The molecule has 0 saturated carbocycles. The average molecular weight is 298 g/mol. The van der Waals surface area contributed by atoms with Crippen LogP contribution >= 0.6 is 22.6 Å². The molecule has 0 aliphatic carbocycles. The summed E-state index contributed by atoms with van der Waals surface area (Å²) < 4.78 is 1.16. The van der Waals surface area contributed by atoms with Gasteiger partial charge in [0, 0.05) is 15.3 Å². The highest BCUT2D eigenvalue weighted by molar-refractivity contribution is 14.1. The van der Waals surface area contributed by atoms with E-state index in [1.807, 2.05) is 24.3 Å². The number of rotatable bonds is 2. The Hall–Kier alpha value is -1.24. The van der Waals surface area contributed by atoms with Crippen molar-refractivity contribution in [2.24, 2.45) is 4.99 Å². The Bertz CT molecular complexity index is 436. The minimum Gasteiger partial charge on any atom is -0.312 e. The van der Waals surface area contributed by atoms with E-state index in [9.17, 15) is 0 Å². The van der Waals surface area contributed by atoms with Gasteiger partial charge in [-0.1, -0.05) is 18.2 Å². The number of aromatic nitrogens is 3. The average Bonchev–Trinajstić information content (AvgIpc) is 2.69. The van der Waals surface area contributed by atoms with E-state index in [2.05, 4.69) is 42.8 Å². The highest BCUT2D eigenvalue weighted by Gasteiger charge is 1.94. The van der Waals surface area contributed by atoms with Crippen molar-refractivity contribution >= 4 is 34.8 Å². The number of H-pyrrole nitrogens is 1. The third-order valence-electron chi connectivity index (χ3n) is 1.63. The summed E-state index contributed by atoms with van der Waals surface area (Å²) >= 11 is 2.26. The largest absolute Gasteiger partial charge is 0.312 e. The van der Waals surface area contributed by atoms with Crippen molar-refractivity contribution in [1.82, 2.24) is 15.2 Å². The topological polar surface area (TPSA) is 53.9 Å². The highest BCUT2D eigenvalue weighted by atomic mass is 127. The summed E-state index contributed by atoms with van der Waals surface area (Å²) in [5, 5.41) is 7.39. The fourth-order valence-corrected chi connectivity index (χ4v) is 1.50. The summed E-state index contributed by atoms with van der Waals surface area (Å²) in [6, 6.07) is 8.00. The summed E-state index contributed by atoms with van der Waals surface area (Å²) in [5.74, 6) is 0.518. The van der Waals surface area contributed by atoms with Gasteiger partial charge in [-0.05, 0) is 28.7 Å². The van der Waals surface area contributed by atoms with E-state index in [1.54, 1.807) is 6.21 Å². The van der Waals surface area contributed by atoms with E-state index < -0.39 is 0 Å². The Balaban J connectivity index is 2.23. The van der Waals surface area contributed by atoms with Crippen LogP contribution in [0.3, 0.4) is 0 Å². The van der Waals surface area contributed by atoms with Crippen molar-refractivity contribution in [2.75, 3.05) is 0 Å². The van der Waals surface area contributed by atoms with E-state index in [0.29, 0.717) is 5.95 Å². The monoisotopic (exact) mass is 298 g/mol. The molecule has 0 spiro atoms. The van der Waals surface area contributed by atoms with Gasteiger partial charge in [0.25, 0.3) is 0 Å². The van der Waals surface area contributed by atoms with Crippen molar-refractivity contribution in [2.45, 2.75) is 0 Å². The van der Waals surface area contributed by atoms with Gasteiger partial charge in [-0.2, -0.15) is 0 Å². The van der Waals surface area contributed by atoms with Crippen LogP contribution in [0.25, 0.3) is 0 Å². The Morgan fingerprint density at radius 3 is 2.93 bits per heavy atom. The molecule has 0 aliphatic rings. The molecule has 1 heterocycles. The summed E-state index contributed by atoms with van der Waals surface area (Å²) in [5.41, 5.74) is 1.07. The van der Waals surface area contributed by atoms with E-state index in [4.69, 9.17) is 0 Å². The fraction of sp³-hybridized carbons (Fsp3) is 0. The first kappa shape index (κ1) is 9.32. The van der Waals surface area contributed by atoms with Gasteiger partial charge < -0.3 is 4.98 Å². The summed E-state index contributed by atoms with van der Waals surface area (Å²) in [6.45, 7) is 0. The third-order valence-corrected chi connectivity index (χ3v) is 2.62. The smallest absolute Gasteiger partial charge is 0.247 e. The first-order valence-electron chi connectivity index (χ1n) is 4.01. The number of aromatic amines is 1. The maximum absolute atomic E-state index is 4.14. The second-order valence-electron chi connectivity index (χ2n) is 2.59. The SMILES string of the molecule is Ic1ccccc1/C=N/c1nnc[nH]1. The minimum absolute atomic E-state index is 0.518. The van der Waals surface area contributed by atoms with Crippen LogP contribution in [0.2, 0.25) is 0 Å². The normalized spacial score (nSPS) is 10.9. The number of nitrogens with one attached hydrogen (secondary N) is 1. The van der Waals surface area contributed by atoms with Gasteiger partial charge in [-0.3, -0.25) is 0 Å². The number of nitrogens with zero attached hydrogens (tertiary/aromatic N) is 3. The van der Waals surface area contributed by atoms with Gasteiger partial charge in [-0.15, -0.1) is 10.2 Å². The predicted octanol–water partition coefficient (Wildman–Crippen LogP) is 2.16. The number of halogens is 1. The van der Waals surface area contributed by atoms with E-state index >= 15 is 0 Å². The lowest BCUT2D eigenvalue weighted by Crippen LogP contribution is -1.84. The van der Waals surface area contributed by atoms with Crippen LogP contribution in [-0.2, 0) is 0 Å². The van der Waals surface area contributed by atoms with Crippen LogP contribution < -0.4 is 0 Å². The lowest BCUT2D eigenvalue weighted by molar-refractivity contribution is 1.08. The van der Waals surface area contributed by atoms with Gasteiger partial charge in [0.05, 0.1) is 0 Å². The molecule has 0 unspecified atom stereocenters. The number of benzene rings is 1. The van der Waals surface area contributed by atoms with Gasteiger partial charge in [0.2, 0.25) is 5.95 Å². The molecule has 70 valence electrons. The Kier molecular flexibility index (Phi) is 2.87. The molecular weight excluding hydrogens is 291 g/mol. The molecule has 0 atom stereocenters. The number of aliphatic imine (C=N–C) groups is 1. The van der Waals surface area contributed by atoms with Crippen LogP contribution in [0.1, 0.15) is 5.56 Å². The molecule has 2 rings (SSSR count). The van der Waals surface area contributed by atoms with Crippen LogP contribution in [0.5, 0.6) is 0 Å². The van der Waals surface area contributed by atoms with E-state index in [0.717, 1.165) is 9.13 Å². The van der Waals surface area contributed by atoms with Gasteiger partial charge in [0.15, 0.2) is 0 Å². The molecule has 0 bridgehead atoms. The molecule has 0 saturated heterocycles. The number of hydrogen-bond acceptors (Lipinski definition) is 3. The molecule has 0 radical (unpaired) electrons. The molecular formula is C9H7IN4. The Labute approximate surface area is 94.6 Å². The lowest BCUT2D eigenvalue weighted by atomic mass is 10.2. The maximum Gasteiger partial charge on any atom is 0.247 e. The highest BCUT2D eigenvalue weighted by Crippen LogP contribution is 2.10. The lowest BCUT2D eigenvalue weighted by Gasteiger charge is -1.94. The van der Waals surface area contributed by atoms with E-state index in [-0.39, 0.29) is 0 Å². The van der Waals surface area contributed by atoms with Crippen LogP contribution in [-0.4, -0.2) is 21.4 Å². The Morgan fingerprint density at radius 2 is 2.21 bits per heavy atom. The van der Waals surface area contributed by atoms with Crippen molar-refractivity contribution in [3.8, 4) is 0 Å². The standard InChI is InChI=1S/C9H7IN4/c10-8-4-2-1-3-7(8)5-11-9-12-6-13-14-9/h1-6H,(H,12,13,14)/b11-5+. The molecule has 0 aliphatic heterocycles. The van der Waals surface area contributed by atoms with E-state index in [1.165, 1.54) is 6.33 Å². The van der Waals surface area contributed by atoms with Gasteiger partial charge >= 0.3 is 0 Å². The molecule has 0 amide bonds. The first-order chi connectivity index (χ1) is 6.86. The van der Waals surface area contributed by atoms with Gasteiger partial charge in [0.1, 0.15) is 6.33 Å². The zero-order valence-corrected chi connectivity index (χ0v) is 9.34. The summed E-state index contributed by atoms with van der Waals surface area (Å²) in [4.78, 5) is 6.94. The minimum atomic E-state index is 0.518. The quantitative estimate of drug-likeness (QED) is 0.682. The van der Waals surface area contributed by atoms with Crippen molar-refractivity contribution in [3.05, 3.63) is 39.7 Å². The first-order valence-corrected chi connectivity index (χ1v) is 5.09. The van der Waals surface area contributed by atoms with Crippen molar-refractivity contribution < 1.29 is 0 Å². The molecule has 2 aromatic rings. The molecule has 5 heteroatoms. The molecule has 14 heavy (non-hydrogen) atoms. The second-order valence-corrected chi connectivity index (χ2v) is 3.75. The van der Waals surface area contributed by atoms with Crippen LogP contribution in [0.4, 0.5) is 5.95 Å². The molecule has 0 fully saturated rings. The number of hydrogen-bond donors (Lipinski definition) is 1. The molecule has 1 aromatic carbocycles. The van der Waals surface area contributed by atoms with Crippen molar-refractivity contribution in [3.63, 3.8) is 0 Å². The molecule has 4 nitrogen and oxygen atoms in total. The second kappa shape index (κ2) is 4.32. The molecule has 1 aromatic heterocycles. The fourth-order valence-electron chi connectivity index (χ4n) is 0.973. The molecule has 1 N–H and O–H groups in total. The van der Waals surface area contributed by atoms with Crippen molar-refractivity contribution in [1.29, 1.82) is 0 Å². The van der Waals surface area contributed by atoms with Gasteiger partial charge in [-0.25, -0.2) is 4.99 Å². The maximum atomic E-state index is 4.14. The van der Waals surface area contributed by atoms with Crippen LogP contribution in [0.15, 0.2) is 35.6 Å². The zero-order chi connectivity index (χ0) is 9.80. The third kappa shape index (κ3) is 2.16.